The molecule has 2 aromatic carbocycles. The van der Waals surface area contributed by atoms with Gasteiger partial charge in [-0.05, 0) is 37.3 Å². The number of ether oxygens (including phenoxy) is 1. The number of carbonyl (C=O) groups is 1. The van der Waals surface area contributed by atoms with Gasteiger partial charge in [0.2, 0.25) is 11.3 Å². The highest BCUT2D eigenvalue weighted by Crippen LogP contribution is 2.16. The van der Waals surface area contributed by atoms with Crippen LogP contribution >= 0.6 is 0 Å². The zero-order chi connectivity index (χ0) is 18.5. The predicted molar refractivity (Wildman–Crippen MR) is 95.4 cm³/mol. The number of benzene rings is 2. The number of rotatable bonds is 5. The summed E-state index contributed by atoms with van der Waals surface area (Å²) in [6.45, 7) is 2.12. The Labute approximate surface area is 148 Å². The second-order valence-corrected chi connectivity index (χ2v) is 5.34. The lowest BCUT2D eigenvalue weighted by Crippen LogP contribution is -2.26. The van der Waals surface area contributed by atoms with Crippen LogP contribution < -0.4 is 15.5 Å². The van der Waals surface area contributed by atoms with Crippen LogP contribution in [0.2, 0.25) is 0 Å². The van der Waals surface area contributed by atoms with Crippen molar-refractivity contribution < 1.29 is 13.9 Å². The second-order valence-electron chi connectivity index (χ2n) is 5.34. The number of carbonyl (C=O) groups excluding carboxylic acids is 1. The highest BCUT2D eigenvalue weighted by molar-refractivity contribution is 6.02. The van der Waals surface area contributed by atoms with Crippen LogP contribution in [-0.4, -0.2) is 22.3 Å². The van der Waals surface area contributed by atoms with Crippen molar-refractivity contribution in [2.75, 3.05) is 11.9 Å². The average molecular weight is 353 g/mol. The molecule has 0 aliphatic rings. The first-order valence-corrected chi connectivity index (χ1v) is 7.98. The predicted octanol–water partition coefficient (Wildman–Crippen LogP) is 3.02. The first-order chi connectivity index (χ1) is 12.6. The number of hydrogen-bond donors (Lipinski definition) is 1. The van der Waals surface area contributed by atoms with Gasteiger partial charge in [0.15, 0.2) is 5.69 Å². The standard InChI is InChI=1S/C19H16FN3O3/c1-2-26-17-12-16(24)18(22-23(17)15-9-4-3-5-10-15)19(25)21-14-8-6-7-13(20)11-14/h3-12H,2H2,1H3,(H,21,25). The van der Waals surface area contributed by atoms with Gasteiger partial charge in [0, 0.05) is 5.69 Å². The number of hydrogen-bond acceptors (Lipinski definition) is 4. The van der Waals surface area contributed by atoms with E-state index in [1.54, 1.807) is 31.2 Å². The fraction of sp³-hybridized carbons (Fsp3) is 0.105. The van der Waals surface area contributed by atoms with E-state index in [0.717, 1.165) is 6.07 Å². The zero-order valence-corrected chi connectivity index (χ0v) is 14.0. The Balaban J connectivity index is 2.02. The van der Waals surface area contributed by atoms with Crippen molar-refractivity contribution in [2.24, 2.45) is 0 Å². The monoisotopic (exact) mass is 353 g/mol. The summed E-state index contributed by atoms with van der Waals surface area (Å²) in [7, 11) is 0. The molecule has 132 valence electrons. The van der Waals surface area contributed by atoms with E-state index in [0.29, 0.717) is 12.3 Å². The van der Waals surface area contributed by atoms with E-state index >= 15 is 0 Å². The molecule has 0 spiro atoms. The van der Waals surface area contributed by atoms with Crippen LogP contribution in [0.25, 0.3) is 5.69 Å². The third kappa shape index (κ3) is 3.77. The third-order valence-corrected chi connectivity index (χ3v) is 3.49. The van der Waals surface area contributed by atoms with Crippen molar-refractivity contribution in [2.45, 2.75) is 6.92 Å². The molecule has 3 aromatic rings. The van der Waals surface area contributed by atoms with Crippen LogP contribution in [0.4, 0.5) is 10.1 Å². The molecule has 0 aliphatic heterocycles. The molecule has 1 heterocycles. The van der Waals surface area contributed by atoms with Crippen molar-refractivity contribution in [1.82, 2.24) is 9.78 Å². The molecule has 0 unspecified atom stereocenters. The first-order valence-electron chi connectivity index (χ1n) is 7.98. The largest absolute Gasteiger partial charge is 0.478 e. The summed E-state index contributed by atoms with van der Waals surface area (Å²) >= 11 is 0. The minimum atomic E-state index is -0.728. The van der Waals surface area contributed by atoms with Crippen LogP contribution in [0, 0.1) is 5.82 Å². The highest BCUT2D eigenvalue weighted by Gasteiger charge is 2.17. The third-order valence-electron chi connectivity index (χ3n) is 3.49. The summed E-state index contributed by atoms with van der Waals surface area (Å²) < 4.78 is 20.1. The highest BCUT2D eigenvalue weighted by atomic mass is 19.1. The molecular formula is C19H16FN3O3. The van der Waals surface area contributed by atoms with E-state index in [-0.39, 0.29) is 17.3 Å². The first kappa shape index (κ1) is 17.3. The molecule has 3 rings (SSSR count). The minimum Gasteiger partial charge on any atom is -0.478 e. The van der Waals surface area contributed by atoms with Crippen LogP contribution in [0.5, 0.6) is 5.88 Å². The fourth-order valence-electron chi connectivity index (χ4n) is 2.36. The lowest BCUT2D eigenvalue weighted by Gasteiger charge is -2.13. The average Bonchev–Trinajstić information content (AvgIpc) is 2.63. The molecule has 1 amide bonds. The summed E-state index contributed by atoms with van der Waals surface area (Å²) in [6, 6.07) is 15.6. The topological polar surface area (TPSA) is 73.2 Å². The fourth-order valence-corrected chi connectivity index (χ4v) is 2.36. The van der Waals surface area contributed by atoms with Gasteiger partial charge < -0.3 is 10.1 Å². The Morgan fingerprint density at radius 2 is 1.92 bits per heavy atom. The number of aromatic nitrogens is 2. The molecule has 0 radical (unpaired) electrons. The van der Waals surface area contributed by atoms with E-state index in [2.05, 4.69) is 10.4 Å². The summed E-state index contributed by atoms with van der Waals surface area (Å²) in [6.07, 6.45) is 0. The number of anilines is 1. The minimum absolute atomic E-state index is 0.228. The van der Waals surface area contributed by atoms with E-state index in [9.17, 15) is 14.0 Å². The van der Waals surface area contributed by atoms with E-state index < -0.39 is 17.2 Å². The van der Waals surface area contributed by atoms with Crippen molar-refractivity contribution in [3.05, 3.63) is 82.4 Å². The number of halogens is 1. The summed E-state index contributed by atoms with van der Waals surface area (Å²) in [5.74, 6) is -0.997. The zero-order valence-electron chi connectivity index (χ0n) is 14.0. The maximum atomic E-state index is 13.3. The number of amides is 1. The molecule has 1 N–H and O–H groups in total. The van der Waals surface area contributed by atoms with Crippen LogP contribution in [-0.2, 0) is 0 Å². The molecule has 0 atom stereocenters. The van der Waals surface area contributed by atoms with Gasteiger partial charge in [-0.3, -0.25) is 9.59 Å². The second kappa shape index (κ2) is 7.60. The van der Waals surface area contributed by atoms with Gasteiger partial charge in [-0.1, -0.05) is 24.3 Å². The van der Waals surface area contributed by atoms with Crippen molar-refractivity contribution >= 4 is 11.6 Å². The molecular weight excluding hydrogens is 337 g/mol. The number of para-hydroxylation sites is 1. The van der Waals surface area contributed by atoms with E-state index in [4.69, 9.17) is 4.74 Å². The molecule has 0 saturated carbocycles. The number of nitrogens with one attached hydrogen (secondary N) is 1. The van der Waals surface area contributed by atoms with E-state index in [1.165, 1.54) is 28.9 Å². The molecule has 0 aliphatic carbocycles. The molecule has 26 heavy (non-hydrogen) atoms. The lowest BCUT2D eigenvalue weighted by atomic mass is 10.3. The molecule has 1 aromatic heterocycles. The summed E-state index contributed by atoms with van der Waals surface area (Å²) in [5, 5.41) is 6.63. The maximum absolute atomic E-state index is 13.3. The molecule has 0 saturated heterocycles. The molecule has 7 heteroatoms. The van der Waals surface area contributed by atoms with Crippen molar-refractivity contribution in [3.8, 4) is 11.6 Å². The summed E-state index contributed by atoms with van der Waals surface area (Å²) in [4.78, 5) is 24.8. The lowest BCUT2D eigenvalue weighted by molar-refractivity contribution is 0.101. The number of nitrogens with zero attached hydrogens (tertiary/aromatic N) is 2. The van der Waals surface area contributed by atoms with Crippen LogP contribution in [0.1, 0.15) is 17.4 Å². The SMILES string of the molecule is CCOc1cc(=O)c(C(=O)Nc2cccc(F)c2)nn1-c1ccccc1. The maximum Gasteiger partial charge on any atom is 0.280 e. The Bertz CT molecular complexity index is 987. The van der Waals surface area contributed by atoms with Crippen molar-refractivity contribution in [1.29, 1.82) is 0 Å². The molecule has 0 fully saturated rings. The molecule has 6 nitrogen and oxygen atoms in total. The van der Waals surface area contributed by atoms with Gasteiger partial charge in [-0.15, -0.1) is 0 Å². The Kier molecular flexibility index (Phi) is 5.07. The van der Waals surface area contributed by atoms with Gasteiger partial charge in [0.1, 0.15) is 5.82 Å². The smallest absolute Gasteiger partial charge is 0.280 e. The van der Waals surface area contributed by atoms with Gasteiger partial charge in [0.25, 0.3) is 5.91 Å². The van der Waals surface area contributed by atoms with Crippen LogP contribution in [0.15, 0.2) is 65.5 Å². The molecule has 0 bridgehead atoms. The van der Waals surface area contributed by atoms with Gasteiger partial charge >= 0.3 is 0 Å². The Morgan fingerprint density at radius 3 is 2.62 bits per heavy atom. The van der Waals surface area contributed by atoms with E-state index in [1.807, 2.05) is 6.07 Å². The summed E-state index contributed by atoms with van der Waals surface area (Å²) in [5.41, 5.74) is -0.0387. The normalized spacial score (nSPS) is 10.4. The van der Waals surface area contributed by atoms with Crippen LogP contribution in [0.3, 0.4) is 0 Å². The van der Waals surface area contributed by atoms with Gasteiger partial charge in [-0.25, -0.2) is 9.07 Å². The Morgan fingerprint density at radius 1 is 1.15 bits per heavy atom. The van der Waals surface area contributed by atoms with Gasteiger partial charge in [-0.2, -0.15) is 5.10 Å². The Hall–Kier alpha value is -3.48. The van der Waals surface area contributed by atoms with Gasteiger partial charge in [0.05, 0.1) is 18.4 Å². The van der Waals surface area contributed by atoms with Crippen molar-refractivity contribution in [3.63, 3.8) is 0 Å². The quantitative estimate of drug-likeness (QED) is 0.765.